The monoisotopic (exact) mass is 243 g/mol. The van der Waals surface area contributed by atoms with Crippen molar-refractivity contribution >= 4 is 17.2 Å². The molecule has 84 valence electrons. The minimum atomic E-state index is 0.564. The summed E-state index contributed by atoms with van der Waals surface area (Å²) < 4.78 is 1.64. The molecule has 0 saturated carbocycles. The maximum Gasteiger partial charge on any atom is 0.164 e. The standard InChI is InChI=1S/C13H10ClN3/c1-9-3-2-4-10(7-9)11-8-16-17-12(14)5-6-15-13(11)17/h2-8H,1H3. The van der Waals surface area contributed by atoms with Gasteiger partial charge in [-0.3, -0.25) is 0 Å². The van der Waals surface area contributed by atoms with Crippen molar-refractivity contribution in [1.29, 1.82) is 0 Å². The highest BCUT2D eigenvalue weighted by molar-refractivity contribution is 6.29. The fraction of sp³-hybridized carbons (Fsp3) is 0.0769. The molecule has 17 heavy (non-hydrogen) atoms. The predicted octanol–water partition coefficient (Wildman–Crippen LogP) is 3.36. The van der Waals surface area contributed by atoms with Gasteiger partial charge in [0.2, 0.25) is 0 Å². The molecule has 0 fully saturated rings. The Morgan fingerprint density at radius 1 is 1.24 bits per heavy atom. The molecule has 0 spiro atoms. The second-order valence-electron chi connectivity index (χ2n) is 3.93. The number of benzene rings is 1. The van der Waals surface area contributed by atoms with Crippen LogP contribution in [0.4, 0.5) is 0 Å². The first-order valence-electron chi connectivity index (χ1n) is 5.31. The van der Waals surface area contributed by atoms with Gasteiger partial charge in [0.25, 0.3) is 0 Å². The molecule has 4 heteroatoms. The van der Waals surface area contributed by atoms with Crippen LogP contribution in [0.2, 0.25) is 5.15 Å². The molecule has 0 aliphatic heterocycles. The zero-order chi connectivity index (χ0) is 11.8. The molecular formula is C13H10ClN3. The highest BCUT2D eigenvalue weighted by Crippen LogP contribution is 2.25. The van der Waals surface area contributed by atoms with Gasteiger partial charge in [0.15, 0.2) is 5.65 Å². The van der Waals surface area contributed by atoms with Crippen molar-refractivity contribution in [3.05, 3.63) is 53.4 Å². The molecule has 3 nitrogen and oxygen atoms in total. The lowest BCUT2D eigenvalue weighted by Crippen LogP contribution is -1.90. The second-order valence-corrected chi connectivity index (χ2v) is 4.32. The van der Waals surface area contributed by atoms with E-state index in [-0.39, 0.29) is 0 Å². The van der Waals surface area contributed by atoms with Crippen molar-refractivity contribution < 1.29 is 0 Å². The lowest BCUT2D eigenvalue weighted by Gasteiger charge is -2.00. The summed E-state index contributed by atoms with van der Waals surface area (Å²) in [5.41, 5.74) is 4.10. The van der Waals surface area contributed by atoms with E-state index in [9.17, 15) is 0 Å². The highest BCUT2D eigenvalue weighted by Gasteiger charge is 2.09. The normalized spacial score (nSPS) is 10.9. The average Bonchev–Trinajstić information content (AvgIpc) is 2.74. The second kappa shape index (κ2) is 3.86. The van der Waals surface area contributed by atoms with Crippen molar-refractivity contribution in [2.24, 2.45) is 0 Å². The quantitative estimate of drug-likeness (QED) is 0.614. The van der Waals surface area contributed by atoms with Gasteiger partial charge in [-0.1, -0.05) is 41.4 Å². The summed E-state index contributed by atoms with van der Waals surface area (Å²) in [7, 11) is 0. The minimum absolute atomic E-state index is 0.564. The van der Waals surface area contributed by atoms with E-state index in [1.54, 1.807) is 23.0 Å². The summed E-state index contributed by atoms with van der Waals surface area (Å²) in [5.74, 6) is 0. The zero-order valence-corrected chi connectivity index (χ0v) is 10.0. The SMILES string of the molecule is Cc1cccc(-c2cnn3c(Cl)ccnc23)c1. The lowest BCUT2D eigenvalue weighted by molar-refractivity contribution is 0.940. The molecule has 0 bridgehead atoms. The third-order valence-electron chi connectivity index (χ3n) is 2.68. The maximum absolute atomic E-state index is 6.05. The molecule has 2 heterocycles. The van der Waals surface area contributed by atoms with Crippen LogP contribution in [0.25, 0.3) is 16.8 Å². The van der Waals surface area contributed by atoms with E-state index in [0.29, 0.717) is 5.15 Å². The summed E-state index contributed by atoms with van der Waals surface area (Å²) in [6.07, 6.45) is 3.49. The number of aryl methyl sites for hydroxylation is 1. The van der Waals surface area contributed by atoms with Crippen molar-refractivity contribution in [1.82, 2.24) is 14.6 Å². The Bertz CT molecular complexity index is 688. The van der Waals surface area contributed by atoms with Crippen LogP contribution in [0, 0.1) is 6.92 Å². The Morgan fingerprint density at radius 2 is 2.12 bits per heavy atom. The van der Waals surface area contributed by atoms with Gasteiger partial charge in [0, 0.05) is 11.8 Å². The highest BCUT2D eigenvalue weighted by atomic mass is 35.5. The predicted molar refractivity (Wildman–Crippen MR) is 68.2 cm³/mol. The molecule has 0 aliphatic carbocycles. The van der Waals surface area contributed by atoms with E-state index in [1.165, 1.54) is 5.56 Å². The van der Waals surface area contributed by atoms with Crippen LogP contribution in [-0.2, 0) is 0 Å². The van der Waals surface area contributed by atoms with Crippen LogP contribution in [0.5, 0.6) is 0 Å². The molecule has 0 atom stereocenters. The number of nitrogens with zero attached hydrogens (tertiary/aromatic N) is 3. The molecule has 2 aromatic heterocycles. The van der Waals surface area contributed by atoms with Gasteiger partial charge in [-0.2, -0.15) is 5.10 Å². The molecule has 0 amide bonds. The van der Waals surface area contributed by atoms with E-state index in [2.05, 4.69) is 29.1 Å². The molecule has 3 aromatic rings. The average molecular weight is 244 g/mol. The number of hydrogen-bond acceptors (Lipinski definition) is 2. The summed E-state index contributed by atoms with van der Waals surface area (Å²) in [6, 6.07) is 9.97. The fourth-order valence-corrected chi connectivity index (χ4v) is 2.06. The zero-order valence-electron chi connectivity index (χ0n) is 9.26. The van der Waals surface area contributed by atoms with Gasteiger partial charge in [-0.25, -0.2) is 9.50 Å². The van der Waals surface area contributed by atoms with Gasteiger partial charge in [0.1, 0.15) is 5.15 Å². The van der Waals surface area contributed by atoms with Crippen molar-refractivity contribution in [2.45, 2.75) is 6.92 Å². The van der Waals surface area contributed by atoms with Crippen LogP contribution in [0.15, 0.2) is 42.7 Å². The van der Waals surface area contributed by atoms with Crippen LogP contribution in [-0.4, -0.2) is 14.6 Å². The van der Waals surface area contributed by atoms with Crippen LogP contribution in [0.1, 0.15) is 5.56 Å². The number of fused-ring (bicyclic) bond motifs is 1. The third-order valence-corrected chi connectivity index (χ3v) is 2.97. The molecule has 0 radical (unpaired) electrons. The first-order chi connectivity index (χ1) is 8.25. The maximum atomic E-state index is 6.05. The summed E-state index contributed by atoms with van der Waals surface area (Å²) in [5, 5.41) is 4.81. The third kappa shape index (κ3) is 1.68. The molecule has 0 unspecified atom stereocenters. The Morgan fingerprint density at radius 3 is 2.94 bits per heavy atom. The van der Waals surface area contributed by atoms with E-state index >= 15 is 0 Å². The largest absolute Gasteiger partial charge is 0.236 e. The number of halogens is 1. The van der Waals surface area contributed by atoms with Crippen molar-refractivity contribution in [3.63, 3.8) is 0 Å². The molecule has 0 aliphatic rings. The number of hydrogen-bond donors (Lipinski definition) is 0. The van der Waals surface area contributed by atoms with Crippen LogP contribution in [0.3, 0.4) is 0 Å². The van der Waals surface area contributed by atoms with Gasteiger partial charge in [-0.05, 0) is 18.6 Å². The van der Waals surface area contributed by atoms with Crippen LogP contribution < -0.4 is 0 Å². The summed E-state index contributed by atoms with van der Waals surface area (Å²) >= 11 is 6.05. The van der Waals surface area contributed by atoms with Gasteiger partial charge in [0.05, 0.1) is 6.20 Å². The van der Waals surface area contributed by atoms with Gasteiger partial charge < -0.3 is 0 Å². The molecule has 1 aromatic carbocycles. The van der Waals surface area contributed by atoms with E-state index in [4.69, 9.17) is 11.6 Å². The minimum Gasteiger partial charge on any atom is -0.236 e. The van der Waals surface area contributed by atoms with E-state index in [1.807, 2.05) is 12.1 Å². The smallest absolute Gasteiger partial charge is 0.164 e. The van der Waals surface area contributed by atoms with Gasteiger partial charge >= 0.3 is 0 Å². The summed E-state index contributed by atoms with van der Waals surface area (Å²) in [4.78, 5) is 4.32. The summed E-state index contributed by atoms with van der Waals surface area (Å²) in [6.45, 7) is 2.07. The Balaban J connectivity index is 2.28. The Labute approximate surface area is 104 Å². The van der Waals surface area contributed by atoms with Gasteiger partial charge in [-0.15, -0.1) is 0 Å². The first kappa shape index (κ1) is 10.3. The Kier molecular flexibility index (Phi) is 2.34. The van der Waals surface area contributed by atoms with Crippen LogP contribution >= 0.6 is 11.6 Å². The topological polar surface area (TPSA) is 30.2 Å². The number of aromatic nitrogens is 3. The first-order valence-corrected chi connectivity index (χ1v) is 5.69. The van der Waals surface area contributed by atoms with Crippen molar-refractivity contribution in [3.8, 4) is 11.1 Å². The van der Waals surface area contributed by atoms with E-state index < -0.39 is 0 Å². The Hall–Kier alpha value is -1.87. The van der Waals surface area contributed by atoms with E-state index in [0.717, 1.165) is 16.8 Å². The molecule has 3 rings (SSSR count). The molecule has 0 saturated heterocycles. The molecular weight excluding hydrogens is 234 g/mol. The van der Waals surface area contributed by atoms with Crippen molar-refractivity contribution in [2.75, 3.05) is 0 Å². The fourth-order valence-electron chi connectivity index (χ4n) is 1.88. The molecule has 0 N–H and O–H groups in total. The lowest BCUT2D eigenvalue weighted by atomic mass is 10.1. The number of rotatable bonds is 1.